The molecule has 2 rings (SSSR count). The lowest BCUT2D eigenvalue weighted by molar-refractivity contribution is 0.105. The van der Waals surface area contributed by atoms with Gasteiger partial charge in [-0.25, -0.2) is 0 Å². The molecule has 0 radical (unpaired) electrons. The Morgan fingerprint density at radius 1 is 1.35 bits per heavy atom. The molecule has 0 aliphatic carbocycles. The van der Waals surface area contributed by atoms with Gasteiger partial charge < -0.3 is 14.6 Å². The normalized spacial score (nSPS) is 23.2. The lowest BCUT2D eigenvalue weighted by atomic mass is 10.1. The van der Waals surface area contributed by atoms with Crippen molar-refractivity contribution >= 4 is 0 Å². The summed E-state index contributed by atoms with van der Waals surface area (Å²) in [5.41, 5.74) is 2.37. The molecule has 4 nitrogen and oxygen atoms in total. The largest absolute Gasteiger partial charge is 0.492 e. The molecule has 1 aromatic rings. The van der Waals surface area contributed by atoms with Gasteiger partial charge in [0.1, 0.15) is 12.4 Å². The second-order valence-electron chi connectivity index (χ2n) is 5.54. The van der Waals surface area contributed by atoms with Crippen LogP contribution in [-0.2, 0) is 4.74 Å². The average molecular weight is 279 g/mol. The zero-order valence-corrected chi connectivity index (χ0v) is 12.6. The number of aryl methyl sites for hydroxylation is 2. The summed E-state index contributed by atoms with van der Waals surface area (Å²) in [7, 11) is 1.73. The minimum Gasteiger partial charge on any atom is -0.492 e. The van der Waals surface area contributed by atoms with Gasteiger partial charge in [-0.2, -0.15) is 0 Å². The van der Waals surface area contributed by atoms with Crippen LogP contribution in [-0.4, -0.2) is 55.6 Å². The molecule has 0 unspecified atom stereocenters. The number of nitrogens with zero attached hydrogens (tertiary/aromatic N) is 1. The first-order valence-electron chi connectivity index (χ1n) is 7.21. The highest BCUT2D eigenvalue weighted by molar-refractivity contribution is 5.35. The predicted molar refractivity (Wildman–Crippen MR) is 79.3 cm³/mol. The molecule has 112 valence electrons. The third-order valence-electron chi connectivity index (χ3n) is 4.01. The van der Waals surface area contributed by atoms with Crippen molar-refractivity contribution in [3.05, 3.63) is 29.3 Å². The van der Waals surface area contributed by atoms with Crippen LogP contribution in [0.5, 0.6) is 5.75 Å². The third kappa shape index (κ3) is 3.72. The van der Waals surface area contributed by atoms with E-state index in [9.17, 15) is 5.11 Å². The van der Waals surface area contributed by atoms with Crippen molar-refractivity contribution in [3.63, 3.8) is 0 Å². The Morgan fingerprint density at radius 3 is 2.85 bits per heavy atom. The van der Waals surface area contributed by atoms with Gasteiger partial charge in [0.2, 0.25) is 0 Å². The van der Waals surface area contributed by atoms with E-state index in [1.807, 2.05) is 0 Å². The Bertz CT molecular complexity index is 436. The molecule has 0 saturated carbocycles. The fraction of sp³-hybridized carbons (Fsp3) is 0.625. The summed E-state index contributed by atoms with van der Waals surface area (Å²) in [5, 5.41) is 9.41. The van der Waals surface area contributed by atoms with Gasteiger partial charge in [0.25, 0.3) is 0 Å². The molecule has 1 N–H and O–H groups in total. The highest BCUT2D eigenvalue weighted by atomic mass is 16.5. The Hall–Kier alpha value is -1.10. The van der Waals surface area contributed by atoms with E-state index in [4.69, 9.17) is 9.47 Å². The van der Waals surface area contributed by atoms with Gasteiger partial charge in [0, 0.05) is 26.2 Å². The third-order valence-corrected chi connectivity index (χ3v) is 4.01. The molecule has 20 heavy (non-hydrogen) atoms. The van der Waals surface area contributed by atoms with E-state index >= 15 is 0 Å². The smallest absolute Gasteiger partial charge is 0.122 e. The second kappa shape index (κ2) is 7.07. The van der Waals surface area contributed by atoms with Crippen molar-refractivity contribution in [2.75, 3.05) is 33.4 Å². The Morgan fingerprint density at radius 2 is 2.15 bits per heavy atom. The van der Waals surface area contributed by atoms with Crippen LogP contribution in [0.15, 0.2) is 18.2 Å². The van der Waals surface area contributed by atoms with E-state index in [1.165, 1.54) is 5.56 Å². The van der Waals surface area contributed by atoms with Crippen LogP contribution in [0.4, 0.5) is 0 Å². The SMILES string of the molecule is CO[C@@H]1C[C@@H](CO)N(CCOc2cc(C)ccc2C)C1. The Kier molecular flexibility index (Phi) is 5.40. The zero-order chi connectivity index (χ0) is 14.5. The molecule has 1 aromatic carbocycles. The molecule has 1 aliphatic heterocycles. The fourth-order valence-corrected chi connectivity index (χ4v) is 2.71. The van der Waals surface area contributed by atoms with Crippen molar-refractivity contribution in [1.82, 2.24) is 4.90 Å². The first-order valence-corrected chi connectivity index (χ1v) is 7.21. The number of benzene rings is 1. The minimum atomic E-state index is 0.184. The van der Waals surface area contributed by atoms with Gasteiger partial charge in [-0.3, -0.25) is 4.90 Å². The molecule has 4 heteroatoms. The molecule has 1 heterocycles. The van der Waals surface area contributed by atoms with Crippen molar-refractivity contribution < 1.29 is 14.6 Å². The average Bonchev–Trinajstić information content (AvgIpc) is 2.85. The molecule has 1 aliphatic rings. The topological polar surface area (TPSA) is 41.9 Å². The fourth-order valence-electron chi connectivity index (χ4n) is 2.71. The van der Waals surface area contributed by atoms with E-state index in [1.54, 1.807) is 7.11 Å². The van der Waals surface area contributed by atoms with E-state index in [2.05, 4.69) is 36.9 Å². The maximum atomic E-state index is 9.41. The number of rotatable bonds is 6. The van der Waals surface area contributed by atoms with Crippen molar-refractivity contribution in [2.24, 2.45) is 0 Å². The number of aliphatic hydroxyl groups excluding tert-OH is 1. The molecular weight excluding hydrogens is 254 g/mol. The summed E-state index contributed by atoms with van der Waals surface area (Å²) < 4.78 is 11.3. The summed E-state index contributed by atoms with van der Waals surface area (Å²) in [6.07, 6.45) is 1.13. The van der Waals surface area contributed by atoms with Crippen LogP contribution in [0.1, 0.15) is 17.5 Å². The first kappa shape index (κ1) is 15.3. The number of methoxy groups -OCH3 is 1. The molecule has 0 spiro atoms. The van der Waals surface area contributed by atoms with Gasteiger partial charge in [-0.05, 0) is 37.5 Å². The molecular formula is C16H25NO3. The summed E-state index contributed by atoms with van der Waals surface area (Å²) in [6, 6.07) is 6.44. The highest BCUT2D eigenvalue weighted by Gasteiger charge is 2.31. The second-order valence-corrected chi connectivity index (χ2v) is 5.54. The number of likely N-dealkylation sites (tertiary alicyclic amines) is 1. The predicted octanol–water partition coefficient (Wildman–Crippen LogP) is 1.76. The van der Waals surface area contributed by atoms with Crippen molar-refractivity contribution in [2.45, 2.75) is 32.4 Å². The number of aliphatic hydroxyl groups is 1. The molecule has 1 fully saturated rings. The zero-order valence-electron chi connectivity index (χ0n) is 12.6. The molecule has 0 aromatic heterocycles. The standard InChI is InChI=1S/C16H25NO3/c1-12-4-5-13(2)16(8-12)20-7-6-17-10-15(19-3)9-14(17)11-18/h4-5,8,14-15,18H,6-7,9-11H2,1-3H3/t14-,15+/m0/s1. The molecule has 0 amide bonds. The van der Waals surface area contributed by atoms with Gasteiger partial charge in [-0.15, -0.1) is 0 Å². The first-order chi connectivity index (χ1) is 9.63. The van der Waals surface area contributed by atoms with Crippen LogP contribution in [0.3, 0.4) is 0 Å². The highest BCUT2D eigenvalue weighted by Crippen LogP contribution is 2.21. The van der Waals surface area contributed by atoms with Crippen LogP contribution < -0.4 is 4.74 Å². The number of ether oxygens (including phenoxy) is 2. The number of hydrogen-bond acceptors (Lipinski definition) is 4. The van der Waals surface area contributed by atoms with Crippen LogP contribution >= 0.6 is 0 Å². The van der Waals surface area contributed by atoms with Gasteiger partial charge in [0.15, 0.2) is 0 Å². The summed E-state index contributed by atoms with van der Waals surface area (Å²) in [5.74, 6) is 0.952. The van der Waals surface area contributed by atoms with Gasteiger partial charge >= 0.3 is 0 Å². The van der Waals surface area contributed by atoms with E-state index in [-0.39, 0.29) is 18.8 Å². The quantitative estimate of drug-likeness (QED) is 0.861. The van der Waals surface area contributed by atoms with Crippen LogP contribution in [0.25, 0.3) is 0 Å². The Labute approximate surface area is 121 Å². The van der Waals surface area contributed by atoms with E-state index in [0.717, 1.165) is 30.8 Å². The maximum absolute atomic E-state index is 9.41. The van der Waals surface area contributed by atoms with Crippen molar-refractivity contribution in [3.8, 4) is 5.75 Å². The summed E-state index contributed by atoms with van der Waals surface area (Å²) in [6.45, 7) is 6.64. The van der Waals surface area contributed by atoms with Crippen LogP contribution in [0.2, 0.25) is 0 Å². The molecule has 0 bridgehead atoms. The maximum Gasteiger partial charge on any atom is 0.122 e. The minimum absolute atomic E-state index is 0.184. The summed E-state index contributed by atoms with van der Waals surface area (Å²) in [4.78, 5) is 2.25. The molecule has 1 saturated heterocycles. The lowest BCUT2D eigenvalue weighted by Gasteiger charge is -2.22. The lowest BCUT2D eigenvalue weighted by Crippen LogP contribution is -2.35. The summed E-state index contributed by atoms with van der Waals surface area (Å²) >= 11 is 0. The molecule has 2 atom stereocenters. The van der Waals surface area contributed by atoms with E-state index < -0.39 is 0 Å². The van der Waals surface area contributed by atoms with E-state index in [0.29, 0.717) is 6.61 Å². The monoisotopic (exact) mass is 279 g/mol. The van der Waals surface area contributed by atoms with Gasteiger partial charge in [-0.1, -0.05) is 12.1 Å². The number of hydrogen-bond donors (Lipinski definition) is 1. The van der Waals surface area contributed by atoms with Crippen LogP contribution in [0, 0.1) is 13.8 Å². The van der Waals surface area contributed by atoms with Crippen molar-refractivity contribution in [1.29, 1.82) is 0 Å². The van der Waals surface area contributed by atoms with Gasteiger partial charge in [0.05, 0.1) is 12.7 Å². The Balaban J connectivity index is 1.84.